The molecule has 4 aliphatic carbocycles. The van der Waals surface area contributed by atoms with Crippen molar-refractivity contribution in [1.29, 1.82) is 0 Å². The summed E-state index contributed by atoms with van der Waals surface area (Å²) in [6.07, 6.45) is 16.9. The Morgan fingerprint density at radius 1 is 0.260 bits per heavy atom. The number of fused-ring (bicyclic) bond motifs is 8. The average molecular weight is 1340 g/mol. The molecule has 0 saturated heterocycles. The van der Waals surface area contributed by atoms with Crippen molar-refractivity contribution in [2.75, 3.05) is 11.5 Å². The number of Topliss-reactive ketones (excluding diaryl/α,β-unsaturated/α-hetero) is 4. The highest BCUT2D eigenvalue weighted by Crippen LogP contribution is 2.50. The second-order valence-electron chi connectivity index (χ2n) is 36.5. The number of allylic oxidation sites excluding steroid dienone is 20. The van der Waals surface area contributed by atoms with E-state index in [1.807, 2.05) is 24.3 Å². The number of carbonyl (C=O) groups is 4. The fraction of sp³-hybridized carbons (Fsp3) is 0.378. The van der Waals surface area contributed by atoms with Crippen LogP contribution in [-0.4, -0.2) is 42.2 Å². The second-order valence-corrected chi connectivity index (χ2v) is 36.5. The van der Waals surface area contributed by atoms with E-state index in [1.54, 1.807) is 0 Å². The fourth-order valence-electron chi connectivity index (χ4n) is 14.4. The summed E-state index contributed by atoms with van der Waals surface area (Å²) in [6, 6.07) is 33.7. The summed E-state index contributed by atoms with van der Waals surface area (Å²) in [5, 5.41) is 0. The number of carbonyl (C=O) groups excluding carboxylic acids is 4. The van der Waals surface area contributed by atoms with E-state index in [-0.39, 0.29) is 23.1 Å². The molecule has 100 heavy (non-hydrogen) atoms. The Bertz CT molecular complexity index is 4150. The van der Waals surface area contributed by atoms with Crippen LogP contribution < -0.4 is 11.5 Å². The highest BCUT2D eigenvalue weighted by molar-refractivity contribution is 6.16. The zero-order valence-corrected chi connectivity index (χ0v) is 64.0. The SMILES string of the molecule is CC(C)(C)C1=CC(=C2c3ccc([nH]3)C(=C3C=C(C(C)(C)C)C(=O)C(C(C)(C)C)=C3)c3ccc(n3Cc3ccc(N)cc3)C(=C3C=C(C(C)(C)C)C(=O)C(C(C)(C)C)=C3)c3ccc([nH]3)C(=C3C=C(C(C)(C)C)C(=O)C(C(C)(C)C)=C3)c3ccc2n3Cc2ccc(N)cc2)C=C(C(C)(C)C)C1=O. The van der Waals surface area contributed by atoms with Gasteiger partial charge >= 0.3 is 0 Å². The average Bonchev–Trinajstić information content (AvgIpc) is 1.51. The van der Waals surface area contributed by atoms with Gasteiger partial charge in [0.2, 0.25) is 0 Å². The number of nitrogens with zero attached hydrogens (tertiary/aromatic N) is 2. The van der Waals surface area contributed by atoms with Crippen molar-refractivity contribution < 1.29 is 19.2 Å². The van der Waals surface area contributed by atoms with E-state index in [4.69, 9.17) is 11.5 Å². The molecule has 0 unspecified atom stereocenters. The van der Waals surface area contributed by atoms with E-state index in [0.29, 0.717) is 69.0 Å². The molecule has 0 spiro atoms. The number of H-pyrrole nitrogens is 2. The first-order valence-electron chi connectivity index (χ1n) is 35.5. The third-order valence-corrected chi connectivity index (χ3v) is 20.1. The lowest BCUT2D eigenvalue weighted by molar-refractivity contribution is -0.114. The standard InChI is InChI=1S/C90H106N6O4/c1-83(2,3)59-41-53(42-60(79(59)97)84(4,5)6)75-67-33-34-68(93-67)76(54-43-61(85(7,8)9)80(98)62(44-54)86(10,11)12)73-39-40-74(96(73)50-52-27-31-58(92)32-28-52)78(56-47-65(89(19,20)21)82(100)66(48-56)90(22,23)24)70-36-35-69(94-70)77(55-45-63(87(13,14)15)81(99)64(46-55)88(16,17)18)72-38-37-71(75)95(72)49-51-25-29-57(91)30-26-51/h25-48,93-94H,49-50,91-92H2,1-24H3. The molecule has 8 bridgehead atoms. The summed E-state index contributed by atoms with van der Waals surface area (Å²) < 4.78 is 4.80. The molecule has 2 aromatic carbocycles. The molecule has 6 N–H and O–H groups in total. The van der Waals surface area contributed by atoms with Gasteiger partial charge in [0.05, 0.1) is 22.8 Å². The zero-order chi connectivity index (χ0) is 73.4. The minimum atomic E-state index is -0.549. The third-order valence-electron chi connectivity index (χ3n) is 20.1. The topological polar surface area (TPSA) is 162 Å². The van der Waals surface area contributed by atoms with Crippen LogP contribution in [0.5, 0.6) is 0 Å². The monoisotopic (exact) mass is 1330 g/mol. The molecular formula is C90H106N6O4. The van der Waals surface area contributed by atoms with Crippen molar-refractivity contribution in [2.45, 2.75) is 179 Å². The third kappa shape index (κ3) is 13.8. The number of nitrogen functional groups attached to an aromatic ring is 2. The lowest BCUT2D eigenvalue weighted by Crippen LogP contribution is -2.28. The van der Waals surface area contributed by atoms with Crippen LogP contribution in [0, 0.1) is 43.3 Å². The molecular weight excluding hydrogens is 1230 g/mol. The first-order chi connectivity index (χ1) is 46.1. The summed E-state index contributed by atoms with van der Waals surface area (Å²) >= 11 is 0. The first kappa shape index (κ1) is 72.0. The van der Waals surface area contributed by atoms with E-state index >= 15 is 19.2 Å². The quantitative estimate of drug-likeness (QED) is 0.128. The maximum atomic E-state index is 15.2. The molecule has 6 aromatic rings. The normalized spacial score (nSPS) is 17.4. The molecule has 5 aliphatic rings. The van der Waals surface area contributed by atoms with Crippen molar-refractivity contribution in [3.05, 3.63) is 269 Å². The van der Waals surface area contributed by atoms with Crippen LogP contribution in [0.15, 0.2) is 213 Å². The molecule has 5 heterocycles. The van der Waals surface area contributed by atoms with Gasteiger partial charge in [0.25, 0.3) is 0 Å². The Labute approximate surface area is 595 Å². The predicted molar refractivity (Wildman–Crippen MR) is 415 cm³/mol. The van der Waals surface area contributed by atoms with Gasteiger partial charge in [0, 0.05) is 114 Å². The molecule has 0 amide bonds. The van der Waals surface area contributed by atoms with Crippen LogP contribution in [0.25, 0.3) is 22.3 Å². The van der Waals surface area contributed by atoms with Crippen LogP contribution in [0.3, 0.4) is 0 Å². The fourth-order valence-corrected chi connectivity index (χ4v) is 14.4. The number of benzene rings is 2. The number of rotatable bonds is 4. The summed E-state index contributed by atoms with van der Waals surface area (Å²) in [5.74, 6) is 0.0955. The Kier molecular flexibility index (Phi) is 17.9. The molecule has 0 fully saturated rings. The lowest BCUT2D eigenvalue weighted by atomic mass is 9.71. The van der Waals surface area contributed by atoms with E-state index < -0.39 is 43.3 Å². The van der Waals surface area contributed by atoms with Gasteiger partial charge in [0.15, 0.2) is 23.1 Å². The summed E-state index contributed by atoms with van der Waals surface area (Å²) in [7, 11) is 0. The largest absolute Gasteiger partial charge is 0.399 e. The molecule has 10 nitrogen and oxygen atoms in total. The van der Waals surface area contributed by atoms with Crippen molar-refractivity contribution in [3.8, 4) is 0 Å². The van der Waals surface area contributed by atoms with E-state index in [2.05, 4.69) is 307 Å². The number of nitrogens with one attached hydrogen (secondary N) is 2. The number of nitrogens with two attached hydrogens (primary N) is 2. The number of aromatic amines is 2. The van der Waals surface area contributed by atoms with E-state index in [9.17, 15) is 0 Å². The smallest absolute Gasteiger partial charge is 0.186 e. The summed E-state index contributed by atoms with van der Waals surface area (Å²) in [5.41, 5.74) is 31.1. The van der Waals surface area contributed by atoms with Gasteiger partial charge in [-0.3, -0.25) is 19.2 Å². The van der Waals surface area contributed by atoms with Gasteiger partial charge in [-0.1, -0.05) is 190 Å². The maximum Gasteiger partial charge on any atom is 0.186 e. The minimum absolute atomic E-state index is 0.0239. The lowest BCUT2D eigenvalue weighted by Gasteiger charge is -2.32. The number of anilines is 2. The molecule has 11 rings (SSSR count). The van der Waals surface area contributed by atoms with Crippen molar-refractivity contribution >= 4 is 56.8 Å². The van der Waals surface area contributed by atoms with Crippen molar-refractivity contribution in [3.63, 3.8) is 0 Å². The van der Waals surface area contributed by atoms with E-state index in [0.717, 1.165) is 101 Å². The van der Waals surface area contributed by atoms with Gasteiger partial charge in [-0.05, 0) is 198 Å². The molecule has 4 aromatic heterocycles. The van der Waals surface area contributed by atoms with Gasteiger partial charge in [-0.15, -0.1) is 0 Å². The van der Waals surface area contributed by atoms with Crippen LogP contribution in [0.2, 0.25) is 0 Å². The molecule has 0 radical (unpaired) electrons. The highest BCUT2D eigenvalue weighted by Gasteiger charge is 2.41. The van der Waals surface area contributed by atoms with Gasteiger partial charge in [0.1, 0.15) is 0 Å². The second kappa shape index (κ2) is 24.8. The predicted octanol–water partition coefficient (Wildman–Crippen LogP) is 20.8. The number of ketones is 4. The highest BCUT2D eigenvalue weighted by atomic mass is 16.1. The van der Waals surface area contributed by atoms with Crippen LogP contribution >= 0.6 is 0 Å². The van der Waals surface area contributed by atoms with Crippen LogP contribution in [0.1, 0.15) is 223 Å². The van der Waals surface area contributed by atoms with E-state index in [1.165, 1.54) is 0 Å². The number of hydrogen-bond acceptors (Lipinski definition) is 6. The van der Waals surface area contributed by atoms with Gasteiger partial charge in [-0.2, -0.15) is 0 Å². The maximum absolute atomic E-state index is 15.2. The molecule has 520 valence electrons. The Morgan fingerprint density at radius 3 is 0.590 bits per heavy atom. The first-order valence-corrected chi connectivity index (χ1v) is 35.5. The molecule has 0 atom stereocenters. The Balaban J connectivity index is 1.44. The summed E-state index contributed by atoms with van der Waals surface area (Å²) in [6.45, 7) is 51.5. The summed E-state index contributed by atoms with van der Waals surface area (Å²) in [4.78, 5) is 69.1. The molecule has 10 heteroatoms. The number of aromatic nitrogens is 4. The Hall–Kier alpha value is -9.28. The van der Waals surface area contributed by atoms with Crippen LogP contribution in [0.4, 0.5) is 11.4 Å². The number of hydrogen-bond donors (Lipinski definition) is 4. The minimum Gasteiger partial charge on any atom is -0.399 e. The zero-order valence-electron chi connectivity index (χ0n) is 64.0. The van der Waals surface area contributed by atoms with Crippen LogP contribution in [-0.2, 0) is 32.3 Å². The van der Waals surface area contributed by atoms with Crippen molar-refractivity contribution in [2.24, 2.45) is 43.3 Å². The Morgan fingerprint density at radius 2 is 0.430 bits per heavy atom. The van der Waals surface area contributed by atoms with Gasteiger partial charge in [-0.25, -0.2) is 0 Å². The van der Waals surface area contributed by atoms with Crippen molar-refractivity contribution in [1.82, 2.24) is 19.1 Å². The molecule has 0 saturated carbocycles. The molecule has 1 aliphatic heterocycles. The van der Waals surface area contributed by atoms with Gasteiger partial charge < -0.3 is 30.6 Å².